The van der Waals surface area contributed by atoms with Gasteiger partial charge >= 0.3 is 0 Å². The fourth-order valence-corrected chi connectivity index (χ4v) is 3.51. The van der Waals surface area contributed by atoms with Crippen molar-refractivity contribution in [2.24, 2.45) is 0 Å². The lowest BCUT2D eigenvalue weighted by Gasteiger charge is -2.10. The van der Waals surface area contributed by atoms with Gasteiger partial charge in [-0.2, -0.15) is 0 Å². The number of ketones is 1. The molecule has 2 aromatic heterocycles. The molecule has 150 valence electrons. The van der Waals surface area contributed by atoms with E-state index in [2.05, 4.69) is 5.32 Å². The van der Waals surface area contributed by atoms with Crippen molar-refractivity contribution in [1.29, 1.82) is 0 Å². The number of anilines is 2. The molecule has 0 atom stereocenters. The van der Waals surface area contributed by atoms with Crippen LogP contribution in [-0.2, 0) is 0 Å². The number of aromatic nitrogens is 1. The molecule has 0 saturated carbocycles. The fourth-order valence-electron chi connectivity index (χ4n) is 3.51. The largest absolute Gasteiger partial charge is 0.396 e. The lowest BCUT2D eigenvalue weighted by atomic mass is 10.1. The predicted molar refractivity (Wildman–Crippen MR) is 116 cm³/mol. The van der Waals surface area contributed by atoms with E-state index in [1.54, 1.807) is 28.8 Å². The van der Waals surface area contributed by atoms with Gasteiger partial charge in [0.1, 0.15) is 11.5 Å². The summed E-state index contributed by atoms with van der Waals surface area (Å²) >= 11 is 0. The number of benzene rings is 2. The quantitative estimate of drug-likeness (QED) is 0.484. The van der Waals surface area contributed by atoms with E-state index < -0.39 is 11.7 Å². The zero-order valence-corrected chi connectivity index (χ0v) is 16.6. The molecule has 3 N–H and O–H groups in total. The summed E-state index contributed by atoms with van der Waals surface area (Å²) in [7, 11) is 0. The monoisotopic (exact) mass is 401 g/mol. The highest BCUT2D eigenvalue weighted by Crippen LogP contribution is 2.30. The van der Waals surface area contributed by atoms with E-state index in [0.29, 0.717) is 11.2 Å². The van der Waals surface area contributed by atoms with Crippen molar-refractivity contribution in [2.75, 3.05) is 11.1 Å². The summed E-state index contributed by atoms with van der Waals surface area (Å²) < 4.78 is 14.9. The zero-order chi connectivity index (χ0) is 21.4. The van der Waals surface area contributed by atoms with Gasteiger partial charge in [0.05, 0.1) is 16.8 Å². The van der Waals surface area contributed by atoms with Crippen LogP contribution >= 0.6 is 0 Å². The summed E-state index contributed by atoms with van der Waals surface area (Å²) in [6, 6.07) is 16.1. The molecule has 0 saturated heterocycles. The number of hydrogen-bond acceptors (Lipinski definition) is 3. The molecule has 1 amide bonds. The van der Waals surface area contributed by atoms with E-state index in [-0.39, 0.29) is 28.3 Å². The second-order valence-corrected chi connectivity index (χ2v) is 7.13. The molecule has 4 rings (SSSR count). The Bertz CT molecular complexity index is 1290. The summed E-state index contributed by atoms with van der Waals surface area (Å²) in [6.07, 6.45) is 1.68. The molecule has 0 aliphatic rings. The molecule has 0 radical (unpaired) electrons. The van der Waals surface area contributed by atoms with Crippen LogP contribution in [0.3, 0.4) is 0 Å². The first-order valence-electron chi connectivity index (χ1n) is 9.45. The Balaban J connectivity index is 1.82. The van der Waals surface area contributed by atoms with Gasteiger partial charge in [-0.3, -0.25) is 9.59 Å². The summed E-state index contributed by atoms with van der Waals surface area (Å²) in [6.45, 7) is 3.89. The number of carbonyl (C=O) groups excluding carboxylic acids is 2. The van der Waals surface area contributed by atoms with Crippen LogP contribution in [0.2, 0.25) is 0 Å². The van der Waals surface area contributed by atoms with Gasteiger partial charge in [-0.15, -0.1) is 0 Å². The molecule has 0 bridgehead atoms. The van der Waals surface area contributed by atoms with Crippen LogP contribution in [0.1, 0.15) is 37.5 Å². The number of nitrogens with one attached hydrogen (secondary N) is 1. The van der Waals surface area contributed by atoms with Gasteiger partial charge in [0.25, 0.3) is 5.91 Å². The molecule has 6 heteroatoms. The van der Waals surface area contributed by atoms with Gasteiger partial charge in [-0.25, -0.2) is 4.39 Å². The van der Waals surface area contributed by atoms with Crippen molar-refractivity contribution in [2.45, 2.75) is 13.8 Å². The van der Waals surface area contributed by atoms with E-state index in [9.17, 15) is 14.0 Å². The minimum absolute atomic E-state index is 0.0818. The van der Waals surface area contributed by atoms with Crippen LogP contribution in [-0.4, -0.2) is 16.1 Å². The van der Waals surface area contributed by atoms with Crippen LogP contribution < -0.4 is 11.1 Å². The van der Waals surface area contributed by atoms with Crippen molar-refractivity contribution >= 4 is 28.6 Å². The molecule has 30 heavy (non-hydrogen) atoms. The number of aryl methyl sites for hydroxylation is 1. The van der Waals surface area contributed by atoms with Crippen molar-refractivity contribution < 1.29 is 14.0 Å². The zero-order valence-electron chi connectivity index (χ0n) is 16.6. The summed E-state index contributed by atoms with van der Waals surface area (Å²) in [5.74, 6) is -1.23. The topological polar surface area (TPSA) is 76.6 Å². The molecule has 5 nitrogen and oxygen atoms in total. The van der Waals surface area contributed by atoms with Crippen LogP contribution in [0.4, 0.5) is 15.8 Å². The van der Waals surface area contributed by atoms with Gasteiger partial charge in [-0.05, 0) is 67.4 Å². The molecular formula is C24H20FN3O2. The average Bonchev–Trinajstić information content (AvgIpc) is 3.03. The smallest absolute Gasteiger partial charge is 0.259 e. The Hall–Kier alpha value is -3.93. The van der Waals surface area contributed by atoms with Gasteiger partial charge in [0.2, 0.25) is 5.78 Å². The van der Waals surface area contributed by atoms with Crippen LogP contribution in [0, 0.1) is 19.7 Å². The second-order valence-electron chi connectivity index (χ2n) is 7.13. The average molecular weight is 401 g/mol. The Morgan fingerprint density at radius 3 is 2.43 bits per heavy atom. The van der Waals surface area contributed by atoms with Crippen molar-refractivity contribution in [3.05, 3.63) is 101 Å². The van der Waals surface area contributed by atoms with Crippen LogP contribution in [0.25, 0.3) is 5.52 Å². The van der Waals surface area contributed by atoms with Crippen molar-refractivity contribution in [1.82, 2.24) is 4.40 Å². The highest BCUT2D eigenvalue weighted by Gasteiger charge is 2.26. The number of hydrogen-bond donors (Lipinski definition) is 2. The van der Waals surface area contributed by atoms with E-state index in [4.69, 9.17) is 5.73 Å². The Morgan fingerprint density at radius 2 is 1.70 bits per heavy atom. The highest BCUT2D eigenvalue weighted by molar-refractivity contribution is 6.20. The third-order valence-electron chi connectivity index (χ3n) is 5.28. The maximum atomic E-state index is 13.3. The van der Waals surface area contributed by atoms with E-state index in [1.807, 2.05) is 32.0 Å². The highest BCUT2D eigenvalue weighted by atomic mass is 19.1. The number of rotatable bonds is 4. The van der Waals surface area contributed by atoms with Gasteiger partial charge in [0.15, 0.2) is 0 Å². The summed E-state index contributed by atoms with van der Waals surface area (Å²) in [4.78, 5) is 26.3. The maximum Gasteiger partial charge on any atom is 0.259 e. The molecule has 0 spiro atoms. The minimum Gasteiger partial charge on any atom is -0.396 e. The second kappa shape index (κ2) is 7.48. The molecule has 2 aromatic carbocycles. The number of nitrogens with zero attached hydrogens (tertiary/aromatic N) is 1. The Kier molecular flexibility index (Phi) is 4.83. The molecular weight excluding hydrogens is 381 g/mol. The number of nitrogens with two attached hydrogens (primary N) is 1. The Morgan fingerprint density at radius 1 is 0.967 bits per heavy atom. The fraction of sp³-hybridized carbons (Fsp3) is 0.0833. The first-order valence-corrected chi connectivity index (χ1v) is 9.45. The van der Waals surface area contributed by atoms with Crippen LogP contribution in [0.5, 0.6) is 0 Å². The van der Waals surface area contributed by atoms with Crippen LogP contribution in [0.15, 0.2) is 66.9 Å². The number of pyridine rings is 1. The third-order valence-corrected chi connectivity index (χ3v) is 5.28. The van der Waals surface area contributed by atoms with E-state index >= 15 is 0 Å². The van der Waals surface area contributed by atoms with Gasteiger partial charge < -0.3 is 15.5 Å². The van der Waals surface area contributed by atoms with E-state index in [0.717, 1.165) is 11.1 Å². The molecule has 0 aliphatic heterocycles. The number of carbonyl (C=O) groups is 2. The van der Waals surface area contributed by atoms with Crippen molar-refractivity contribution in [3.8, 4) is 0 Å². The predicted octanol–water partition coefficient (Wildman–Crippen LogP) is 4.76. The van der Waals surface area contributed by atoms with Gasteiger partial charge in [-0.1, -0.05) is 18.2 Å². The molecule has 2 heterocycles. The first-order chi connectivity index (χ1) is 14.4. The standard InChI is InChI=1S/C24H20FN3O2/c1-14-6-5-7-18(15(14)2)27-24(30)20-19-8-3-4-13-28(19)22(21(20)26)23(29)16-9-11-17(25)12-10-16/h3-13H,26H2,1-2H3,(H,27,30). The third kappa shape index (κ3) is 3.22. The normalized spacial score (nSPS) is 10.9. The summed E-state index contributed by atoms with van der Waals surface area (Å²) in [5, 5.41) is 2.91. The molecule has 0 unspecified atom stereocenters. The number of nitrogen functional groups attached to an aromatic ring is 1. The molecule has 0 fully saturated rings. The lowest BCUT2D eigenvalue weighted by Crippen LogP contribution is -2.15. The summed E-state index contributed by atoms with van der Waals surface area (Å²) in [5.41, 5.74) is 10.3. The SMILES string of the molecule is Cc1cccc(NC(=O)c2c(N)c(C(=O)c3ccc(F)cc3)n3ccccc23)c1C. The first kappa shape index (κ1) is 19.4. The van der Waals surface area contributed by atoms with Gasteiger partial charge in [0, 0.05) is 17.4 Å². The number of halogens is 1. The van der Waals surface area contributed by atoms with Crippen molar-refractivity contribution in [3.63, 3.8) is 0 Å². The minimum atomic E-state index is -0.437. The Labute approximate surface area is 173 Å². The lowest BCUT2D eigenvalue weighted by molar-refractivity contribution is 0.102. The molecule has 0 aliphatic carbocycles. The van der Waals surface area contributed by atoms with E-state index in [1.165, 1.54) is 24.3 Å². The molecule has 4 aromatic rings. The maximum absolute atomic E-state index is 13.3. The number of amides is 1. The number of fused-ring (bicyclic) bond motifs is 1.